The minimum absolute atomic E-state index is 0.316. The Morgan fingerprint density at radius 3 is 2.73 bits per heavy atom. The first-order valence-electron chi connectivity index (χ1n) is 7.24. The lowest BCUT2D eigenvalue weighted by atomic mass is 10.1. The maximum Gasteiger partial charge on any atom is 0.276 e. The normalized spacial score (nSPS) is 16.6. The molecule has 5 heteroatoms. The first kappa shape index (κ1) is 14.4. The smallest absolute Gasteiger partial charge is 0.276 e. The lowest BCUT2D eigenvalue weighted by Crippen LogP contribution is -2.50. The predicted molar refractivity (Wildman–Crippen MR) is 85.4 cm³/mol. The fourth-order valence-electron chi connectivity index (χ4n) is 2.60. The van der Waals surface area contributed by atoms with Crippen molar-refractivity contribution >= 4 is 11.6 Å². The summed E-state index contributed by atoms with van der Waals surface area (Å²) in [6.45, 7) is 3.25. The van der Waals surface area contributed by atoms with E-state index in [2.05, 4.69) is 41.5 Å². The van der Waals surface area contributed by atoms with Gasteiger partial charge in [0, 0.05) is 6.54 Å². The molecule has 2 aromatic carbocycles. The van der Waals surface area contributed by atoms with Crippen LogP contribution in [0.25, 0.3) is 0 Å². The number of rotatable bonds is 3. The molecule has 0 saturated heterocycles. The number of nitrogens with two attached hydrogens (primary N) is 1. The van der Waals surface area contributed by atoms with E-state index in [-0.39, 0.29) is 5.91 Å². The van der Waals surface area contributed by atoms with Crippen molar-refractivity contribution in [3.8, 4) is 5.75 Å². The third-order valence-corrected chi connectivity index (χ3v) is 3.79. The third-order valence-electron chi connectivity index (χ3n) is 3.79. The van der Waals surface area contributed by atoms with Gasteiger partial charge in [-0.15, -0.1) is 0 Å². The molecule has 2 aromatic rings. The van der Waals surface area contributed by atoms with Gasteiger partial charge in [-0.1, -0.05) is 42.0 Å². The largest absolute Gasteiger partial charge is 0.476 e. The molecule has 0 aliphatic carbocycles. The van der Waals surface area contributed by atoms with Gasteiger partial charge in [0.25, 0.3) is 5.91 Å². The average Bonchev–Trinajstić information content (AvgIpc) is 2.56. The van der Waals surface area contributed by atoms with E-state index in [4.69, 9.17) is 10.6 Å². The number of fused-ring (bicyclic) bond motifs is 1. The molecule has 1 heterocycles. The van der Waals surface area contributed by atoms with Crippen LogP contribution in [0.5, 0.6) is 5.75 Å². The summed E-state index contributed by atoms with van der Waals surface area (Å²) in [4.78, 5) is 14.0. The van der Waals surface area contributed by atoms with Crippen molar-refractivity contribution in [1.29, 1.82) is 0 Å². The number of ether oxygens (including phenoxy) is 1. The zero-order chi connectivity index (χ0) is 15.5. The van der Waals surface area contributed by atoms with Crippen LogP contribution in [-0.4, -0.2) is 18.6 Å². The topological polar surface area (TPSA) is 67.6 Å². The molecule has 0 fully saturated rings. The number of hydrogen-bond acceptors (Lipinski definition) is 4. The summed E-state index contributed by atoms with van der Waals surface area (Å²) in [6, 6.07) is 16.1. The number of aryl methyl sites for hydroxylation is 1. The minimum atomic E-state index is -0.606. The van der Waals surface area contributed by atoms with Crippen LogP contribution in [0, 0.1) is 6.92 Å². The van der Waals surface area contributed by atoms with Crippen LogP contribution in [0.15, 0.2) is 48.5 Å². The zero-order valence-corrected chi connectivity index (χ0v) is 12.5. The fraction of sp³-hybridized carbons (Fsp3) is 0.235. The summed E-state index contributed by atoms with van der Waals surface area (Å²) in [7, 11) is 0. The van der Waals surface area contributed by atoms with Crippen LogP contribution in [-0.2, 0) is 11.3 Å². The van der Waals surface area contributed by atoms with E-state index >= 15 is 0 Å². The summed E-state index contributed by atoms with van der Waals surface area (Å²) < 4.78 is 5.74. The molecule has 22 heavy (non-hydrogen) atoms. The van der Waals surface area contributed by atoms with Gasteiger partial charge in [-0.2, -0.15) is 0 Å². The number of para-hydroxylation sites is 2. The first-order valence-corrected chi connectivity index (χ1v) is 7.24. The molecule has 1 aliphatic rings. The standard InChI is InChI=1S/C17H19N3O2/c1-12-6-8-13(9-7-12)10-20-11-16(17(21)19-18)22-15-5-3-2-4-14(15)20/h2-9,16H,10-11,18H2,1H3,(H,19,21)/t16-/m1/s1. The van der Waals surface area contributed by atoms with Crippen LogP contribution < -0.4 is 20.9 Å². The highest BCUT2D eigenvalue weighted by Crippen LogP contribution is 2.34. The molecule has 3 N–H and O–H groups in total. The van der Waals surface area contributed by atoms with Crippen molar-refractivity contribution < 1.29 is 9.53 Å². The van der Waals surface area contributed by atoms with Crippen molar-refractivity contribution in [3.63, 3.8) is 0 Å². The predicted octanol–water partition coefficient (Wildman–Crippen LogP) is 1.75. The third kappa shape index (κ3) is 2.89. The van der Waals surface area contributed by atoms with Crippen molar-refractivity contribution in [3.05, 3.63) is 59.7 Å². The number of hydrogen-bond donors (Lipinski definition) is 2. The molecular formula is C17H19N3O2. The molecule has 5 nitrogen and oxygen atoms in total. The Balaban J connectivity index is 1.88. The Labute approximate surface area is 129 Å². The van der Waals surface area contributed by atoms with Crippen molar-refractivity contribution in [2.45, 2.75) is 19.6 Å². The highest BCUT2D eigenvalue weighted by molar-refractivity contribution is 5.82. The van der Waals surface area contributed by atoms with E-state index in [9.17, 15) is 4.79 Å². The molecule has 1 atom stereocenters. The number of nitrogens with zero attached hydrogens (tertiary/aromatic N) is 1. The Kier molecular flexibility index (Phi) is 3.98. The summed E-state index contributed by atoms with van der Waals surface area (Å²) >= 11 is 0. The lowest BCUT2D eigenvalue weighted by molar-refractivity contribution is -0.127. The number of carbonyl (C=O) groups is 1. The van der Waals surface area contributed by atoms with Crippen LogP contribution >= 0.6 is 0 Å². The molecule has 0 unspecified atom stereocenters. The molecule has 114 valence electrons. The van der Waals surface area contributed by atoms with Crippen molar-refractivity contribution in [2.75, 3.05) is 11.4 Å². The van der Waals surface area contributed by atoms with Crippen LogP contribution in [0.2, 0.25) is 0 Å². The van der Waals surface area contributed by atoms with Crippen molar-refractivity contribution in [2.24, 2.45) is 5.84 Å². The minimum Gasteiger partial charge on any atom is -0.476 e. The quantitative estimate of drug-likeness (QED) is 0.514. The van der Waals surface area contributed by atoms with Gasteiger partial charge in [-0.3, -0.25) is 10.2 Å². The molecule has 3 rings (SSSR count). The van der Waals surface area contributed by atoms with E-state index in [1.165, 1.54) is 11.1 Å². The molecule has 1 amide bonds. The summed E-state index contributed by atoms with van der Waals surface area (Å²) in [5.74, 6) is 5.63. The molecular weight excluding hydrogens is 278 g/mol. The second-order valence-corrected chi connectivity index (χ2v) is 5.45. The van der Waals surface area contributed by atoms with Crippen LogP contribution in [0.3, 0.4) is 0 Å². The van der Waals surface area contributed by atoms with E-state index in [0.29, 0.717) is 12.3 Å². The van der Waals surface area contributed by atoms with Gasteiger partial charge in [0.05, 0.1) is 12.2 Å². The summed E-state index contributed by atoms with van der Waals surface area (Å²) in [5.41, 5.74) is 5.57. The molecule has 1 aliphatic heterocycles. The van der Waals surface area contributed by atoms with E-state index in [1.54, 1.807) is 0 Å². The van der Waals surface area contributed by atoms with Crippen LogP contribution in [0.4, 0.5) is 5.69 Å². The second kappa shape index (κ2) is 6.07. The summed E-state index contributed by atoms with van der Waals surface area (Å²) in [5, 5.41) is 0. The van der Waals surface area contributed by atoms with Gasteiger partial charge in [0.2, 0.25) is 0 Å². The number of benzene rings is 2. The SMILES string of the molecule is Cc1ccc(CN2C[C@H](C(=O)NN)Oc3ccccc32)cc1. The maximum absolute atomic E-state index is 11.8. The second-order valence-electron chi connectivity index (χ2n) is 5.45. The van der Waals surface area contributed by atoms with Crippen LogP contribution in [0.1, 0.15) is 11.1 Å². The van der Waals surface area contributed by atoms with Gasteiger partial charge in [0.1, 0.15) is 5.75 Å². The molecule has 0 spiro atoms. The highest BCUT2D eigenvalue weighted by Gasteiger charge is 2.30. The Bertz CT molecular complexity index is 670. The van der Waals surface area contributed by atoms with Crippen molar-refractivity contribution in [1.82, 2.24) is 5.43 Å². The Morgan fingerprint density at radius 2 is 2.00 bits per heavy atom. The number of hydrazine groups is 1. The fourth-order valence-corrected chi connectivity index (χ4v) is 2.60. The van der Waals surface area contributed by atoms with E-state index < -0.39 is 6.10 Å². The average molecular weight is 297 g/mol. The highest BCUT2D eigenvalue weighted by atomic mass is 16.5. The Hall–Kier alpha value is -2.53. The Morgan fingerprint density at radius 1 is 1.27 bits per heavy atom. The molecule has 0 saturated carbocycles. The maximum atomic E-state index is 11.8. The van der Waals surface area contributed by atoms with Gasteiger partial charge in [-0.25, -0.2) is 5.84 Å². The lowest BCUT2D eigenvalue weighted by Gasteiger charge is -2.35. The number of anilines is 1. The summed E-state index contributed by atoms with van der Waals surface area (Å²) in [6.07, 6.45) is -0.606. The number of carbonyl (C=O) groups excluding carboxylic acids is 1. The van der Waals surface area contributed by atoms with E-state index in [0.717, 1.165) is 12.2 Å². The van der Waals surface area contributed by atoms with Gasteiger partial charge >= 0.3 is 0 Å². The number of amides is 1. The van der Waals surface area contributed by atoms with Gasteiger partial charge in [0.15, 0.2) is 6.10 Å². The monoisotopic (exact) mass is 297 g/mol. The molecule has 0 radical (unpaired) electrons. The first-order chi connectivity index (χ1) is 10.7. The number of nitrogens with one attached hydrogen (secondary N) is 1. The molecule has 0 aromatic heterocycles. The van der Waals surface area contributed by atoms with Gasteiger partial charge in [-0.05, 0) is 24.6 Å². The zero-order valence-electron chi connectivity index (χ0n) is 12.5. The molecule has 0 bridgehead atoms. The van der Waals surface area contributed by atoms with E-state index in [1.807, 2.05) is 24.3 Å². The van der Waals surface area contributed by atoms with Gasteiger partial charge < -0.3 is 9.64 Å².